The molecule has 0 aliphatic rings. The molecule has 2 rings (SSSR count). The average Bonchev–Trinajstić information content (AvgIpc) is 2.51. The SMILES string of the molecule is C[NH+](C)C.Cn1c([O-])c(C(=O)c2ccccc2)c(=O)n(C)c1=O. The summed E-state index contributed by atoms with van der Waals surface area (Å²) in [5.74, 6) is -1.55. The Balaban J connectivity index is 0.000000593. The lowest BCUT2D eigenvalue weighted by molar-refractivity contribution is -0.836. The summed E-state index contributed by atoms with van der Waals surface area (Å²) in [5.41, 5.74) is -1.91. The van der Waals surface area contributed by atoms with E-state index in [0.29, 0.717) is 0 Å². The molecular weight excluding hydrogens is 298 g/mol. The number of nitrogens with zero attached hydrogens (tertiary/aromatic N) is 2. The van der Waals surface area contributed by atoms with E-state index in [-0.39, 0.29) is 5.56 Å². The maximum absolute atomic E-state index is 12.2. The normalized spacial score (nSPS) is 10.2. The second-order valence-electron chi connectivity index (χ2n) is 5.58. The van der Waals surface area contributed by atoms with Crippen molar-refractivity contribution in [3.05, 3.63) is 62.3 Å². The first-order valence-electron chi connectivity index (χ1n) is 7.02. The van der Waals surface area contributed by atoms with Crippen LogP contribution in [0.1, 0.15) is 15.9 Å². The van der Waals surface area contributed by atoms with E-state index in [1.54, 1.807) is 18.2 Å². The van der Waals surface area contributed by atoms with Crippen LogP contribution >= 0.6 is 0 Å². The third-order valence-electron chi connectivity index (χ3n) is 2.87. The van der Waals surface area contributed by atoms with Gasteiger partial charge in [0, 0.05) is 19.7 Å². The largest absolute Gasteiger partial charge is 0.859 e. The van der Waals surface area contributed by atoms with Crippen molar-refractivity contribution in [2.45, 2.75) is 0 Å². The molecule has 1 N–H and O–H groups in total. The molecule has 0 atom stereocenters. The van der Waals surface area contributed by atoms with Gasteiger partial charge in [-0.2, -0.15) is 0 Å². The maximum atomic E-state index is 12.2. The van der Waals surface area contributed by atoms with Gasteiger partial charge in [0.2, 0.25) is 0 Å². The van der Waals surface area contributed by atoms with Crippen molar-refractivity contribution in [1.29, 1.82) is 0 Å². The molecule has 23 heavy (non-hydrogen) atoms. The molecule has 7 heteroatoms. The van der Waals surface area contributed by atoms with E-state index in [1.807, 2.05) is 0 Å². The summed E-state index contributed by atoms with van der Waals surface area (Å²) in [6.45, 7) is 0. The minimum absolute atomic E-state index is 0.232. The van der Waals surface area contributed by atoms with Gasteiger partial charge in [0.15, 0.2) is 5.78 Å². The van der Waals surface area contributed by atoms with Gasteiger partial charge in [-0.1, -0.05) is 30.3 Å². The van der Waals surface area contributed by atoms with E-state index in [4.69, 9.17) is 0 Å². The van der Waals surface area contributed by atoms with Gasteiger partial charge in [-0.3, -0.25) is 14.2 Å². The van der Waals surface area contributed by atoms with Crippen LogP contribution in [0.15, 0.2) is 39.9 Å². The van der Waals surface area contributed by atoms with Crippen LogP contribution in [0.4, 0.5) is 0 Å². The summed E-state index contributed by atoms with van der Waals surface area (Å²) in [4.78, 5) is 37.0. The van der Waals surface area contributed by atoms with E-state index < -0.39 is 28.5 Å². The van der Waals surface area contributed by atoms with E-state index in [2.05, 4.69) is 21.1 Å². The third kappa shape index (κ3) is 4.17. The molecule has 0 unspecified atom stereocenters. The zero-order valence-corrected chi connectivity index (χ0v) is 13.9. The molecule has 0 bridgehead atoms. The van der Waals surface area contributed by atoms with Crippen LogP contribution in [0.5, 0.6) is 5.88 Å². The van der Waals surface area contributed by atoms with Gasteiger partial charge in [-0.25, -0.2) is 4.79 Å². The highest BCUT2D eigenvalue weighted by Crippen LogP contribution is 2.11. The maximum Gasteiger partial charge on any atom is 0.329 e. The first-order chi connectivity index (χ1) is 10.7. The number of rotatable bonds is 2. The zero-order valence-electron chi connectivity index (χ0n) is 13.9. The molecule has 0 fully saturated rings. The summed E-state index contributed by atoms with van der Waals surface area (Å²) in [5, 5.41) is 11.9. The molecule has 1 heterocycles. The quantitative estimate of drug-likeness (QED) is 0.658. The number of carbonyl (C=O) groups is 1. The van der Waals surface area contributed by atoms with Gasteiger partial charge in [-0.15, -0.1) is 0 Å². The van der Waals surface area contributed by atoms with E-state index in [0.717, 1.165) is 9.13 Å². The standard InChI is InChI=1S/C13H12N2O4.C3H9N/c1-14-11(17)9(12(18)15(2)13(14)19)10(16)8-6-4-3-5-7-8;1-4(2)3/h3-7,17H,1-2H3;1-3H3. The van der Waals surface area contributed by atoms with Gasteiger partial charge in [0.1, 0.15) is 0 Å². The number of benzene rings is 1. The molecule has 0 saturated carbocycles. The Kier molecular flexibility index (Phi) is 6.03. The van der Waals surface area contributed by atoms with Crippen LogP contribution in [0.3, 0.4) is 0 Å². The highest BCUT2D eigenvalue weighted by atomic mass is 16.3. The molecule has 1 aromatic carbocycles. The van der Waals surface area contributed by atoms with Gasteiger partial charge in [0.25, 0.3) is 5.56 Å². The highest BCUT2D eigenvalue weighted by molar-refractivity contribution is 6.10. The summed E-state index contributed by atoms with van der Waals surface area (Å²) in [6, 6.07) is 7.99. The van der Waals surface area contributed by atoms with Crippen LogP contribution in [-0.4, -0.2) is 36.1 Å². The van der Waals surface area contributed by atoms with Gasteiger partial charge in [-0.05, 0) is 5.88 Å². The molecule has 0 aliphatic carbocycles. The van der Waals surface area contributed by atoms with Crippen molar-refractivity contribution < 1.29 is 14.8 Å². The number of hydrogen-bond acceptors (Lipinski definition) is 4. The molecule has 2 aromatic rings. The second kappa shape index (κ2) is 7.55. The van der Waals surface area contributed by atoms with Gasteiger partial charge >= 0.3 is 5.69 Å². The molecule has 0 saturated heterocycles. The molecule has 7 nitrogen and oxygen atoms in total. The first-order valence-corrected chi connectivity index (χ1v) is 7.02. The number of quaternary nitrogens is 1. The van der Waals surface area contributed by atoms with Crippen LogP contribution in [0.2, 0.25) is 0 Å². The van der Waals surface area contributed by atoms with Gasteiger partial charge in [0.05, 0.1) is 26.7 Å². The van der Waals surface area contributed by atoms with Crippen LogP contribution in [-0.2, 0) is 14.1 Å². The monoisotopic (exact) mass is 319 g/mol. The summed E-state index contributed by atoms with van der Waals surface area (Å²) >= 11 is 0. The van der Waals surface area contributed by atoms with Crippen molar-refractivity contribution in [2.24, 2.45) is 14.1 Å². The fourth-order valence-electron chi connectivity index (χ4n) is 1.75. The fourth-order valence-corrected chi connectivity index (χ4v) is 1.75. The van der Waals surface area contributed by atoms with Crippen LogP contribution < -0.4 is 21.3 Å². The summed E-state index contributed by atoms with van der Waals surface area (Å²) in [7, 11) is 8.71. The van der Waals surface area contributed by atoms with Crippen molar-refractivity contribution in [3.8, 4) is 5.88 Å². The smallest absolute Gasteiger partial charge is 0.329 e. The lowest BCUT2D eigenvalue weighted by Gasteiger charge is -2.17. The van der Waals surface area contributed by atoms with E-state index in [1.165, 1.54) is 31.1 Å². The Morgan fingerprint density at radius 2 is 1.48 bits per heavy atom. The van der Waals surface area contributed by atoms with Crippen molar-refractivity contribution >= 4 is 5.78 Å². The topological polar surface area (TPSA) is 88.6 Å². The number of carbonyl (C=O) groups excluding carboxylic acids is 1. The Labute approximate surface area is 134 Å². The summed E-state index contributed by atoms with van der Waals surface area (Å²) < 4.78 is 1.50. The zero-order chi connectivity index (χ0) is 17.7. The Bertz CT molecular complexity index is 802. The number of ketones is 1. The van der Waals surface area contributed by atoms with Crippen LogP contribution in [0.25, 0.3) is 0 Å². The summed E-state index contributed by atoms with van der Waals surface area (Å²) in [6.07, 6.45) is 0. The Morgan fingerprint density at radius 3 is 1.96 bits per heavy atom. The van der Waals surface area contributed by atoms with E-state index >= 15 is 0 Å². The number of aromatic nitrogens is 2. The number of nitrogens with one attached hydrogen (secondary N) is 1. The number of hydrogen-bond donors (Lipinski definition) is 1. The predicted molar refractivity (Wildman–Crippen MR) is 85.0 cm³/mol. The minimum Gasteiger partial charge on any atom is -0.859 e. The minimum atomic E-state index is -0.873. The predicted octanol–water partition coefficient (Wildman–Crippen LogP) is -1.85. The molecule has 124 valence electrons. The second-order valence-corrected chi connectivity index (χ2v) is 5.58. The lowest BCUT2D eigenvalue weighted by Crippen LogP contribution is -3.02. The van der Waals surface area contributed by atoms with Crippen molar-refractivity contribution in [3.63, 3.8) is 0 Å². The van der Waals surface area contributed by atoms with Crippen molar-refractivity contribution in [1.82, 2.24) is 9.13 Å². The molecule has 1 aromatic heterocycles. The van der Waals surface area contributed by atoms with E-state index in [9.17, 15) is 19.5 Å². The molecule has 0 radical (unpaired) electrons. The lowest BCUT2D eigenvalue weighted by atomic mass is 10.1. The fraction of sp³-hybridized carbons (Fsp3) is 0.312. The highest BCUT2D eigenvalue weighted by Gasteiger charge is 2.17. The van der Waals surface area contributed by atoms with Crippen LogP contribution in [0, 0.1) is 0 Å². The molecule has 0 spiro atoms. The third-order valence-corrected chi connectivity index (χ3v) is 2.87. The average molecular weight is 319 g/mol. The Hall–Kier alpha value is -2.67. The Morgan fingerprint density at radius 1 is 1.00 bits per heavy atom. The van der Waals surface area contributed by atoms with Crippen molar-refractivity contribution in [2.75, 3.05) is 21.1 Å². The van der Waals surface area contributed by atoms with Gasteiger partial charge < -0.3 is 14.6 Å². The molecule has 0 amide bonds. The first kappa shape index (κ1) is 18.4. The molecular formula is C16H21N3O4. The molecule has 0 aliphatic heterocycles.